The van der Waals surface area contributed by atoms with E-state index in [0.29, 0.717) is 6.54 Å². The minimum Gasteiger partial charge on any atom is -0.508 e. The first-order valence-electron chi connectivity index (χ1n) is 5.82. The van der Waals surface area contributed by atoms with Crippen LogP contribution in [0.5, 0.6) is 17.8 Å². The number of aromatic nitrogens is 3. The summed E-state index contributed by atoms with van der Waals surface area (Å²) in [6.07, 6.45) is 0. The number of para-hydroxylation sites is 1. The van der Waals surface area contributed by atoms with Crippen LogP contribution in [0.15, 0.2) is 24.3 Å². The number of nitrogens with zero attached hydrogens (tertiary/aromatic N) is 3. The maximum atomic E-state index is 9.62. The number of rotatable bonds is 6. The van der Waals surface area contributed by atoms with Gasteiger partial charge in [-0.15, -0.1) is 4.98 Å². The van der Waals surface area contributed by atoms with Gasteiger partial charge in [0.15, 0.2) is 0 Å². The second kappa shape index (κ2) is 6.53. The number of anilines is 1. The van der Waals surface area contributed by atoms with E-state index < -0.39 is 0 Å². The number of phenols is 1. The highest BCUT2D eigenvalue weighted by Crippen LogP contribution is 2.15. The smallest absolute Gasteiger partial charge is 0.324 e. The van der Waals surface area contributed by atoms with Crippen molar-refractivity contribution < 1.29 is 14.6 Å². The van der Waals surface area contributed by atoms with E-state index in [1.807, 2.05) is 6.07 Å². The van der Waals surface area contributed by atoms with E-state index in [1.165, 1.54) is 14.2 Å². The van der Waals surface area contributed by atoms with Gasteiger partial charge in [-0.05, 0) is 6.07 Å². The first kappa shape index (κ1) is 13.8. The maximum absolute atomic E-state index is 9.62. The monoisotopic (exact) mass is 277 g/mol. The van der Waals surface area contributed by atoms with Crippen LogP contribution in [0, 0.1) is 0 Å². The first-order valence-corrected chi connectivity index (χ1v) is 5.82. The number of ether oxygens (including phenoxy) is 2. The standard InChI is InChI=1S/C12H15N5O3/c1-19-11-14-10(15-12(16-11)20-2)17-13-7-8-5-3-4-6-9(8)18/h3-6,13,18H,7H2,1-2H3,(H,14,15,16,17). The quantitative estimate of drug-likeness (QED) is 0.664. The predicted molar refractivity (Wildman–Crippen MR) is 71.5 cm³/mol. The molecular weight excluding hydrogens is 262 g/mol. The predicted octanol–water partition coefficient (Wildman–Crippen LogP) is 0.711. The fraction of sp³-hybridized carbons (Fsp3) is 0.250. The zero-order chi connectivity index (χ0) is 14.4. The van der Waals surface area contributed by atoms with Crippen molar-refractivity contribution in [1.82, 2.24) is 20.4 Å². The zero-order valence-electron chi connectivity index (χ0n) is 11.1. The Balaban J connectivity index is 1.99. The number of phenolic OH excluding ortho intramolecular Hbond substituents is 1. The van der Waals surface area contributed by atoms with Crippen LogP contribution in [0.25, 0.3) is 0 Å². The van der Waals surface area contributed by atoms with Gasteiger partial charge in [-0.2, -0.15) is 9.97 Å². The summed E-state index contributed by atoms with van der Waals surface area (Å²) in [6, 6.07) is 7.30. The molecule has 0 amide bonds. The van der Waals surface area contributed by atoms with E-state index in [9.17, 15) is 5.11 Å². The molecule has 106 valence electrons. The molecule has 0 spiro atoms. The Morgan fingerprint density at radius 3 is 2.30 bits per heavy atom. The minimum absolute atomic E-state index is 0.142. The molecule has 8 nitrogen and oxygen atoms in total. The van der Waals surface area contributed by atoms with E-state index in [2.05, 4.69) is 25.8 Å². The van der Waals surface area contributed by atoms with Crippen molar-refractivity contribution in [3.05, 3.63) is 29.8 Å². The summed E-state index contributed by atoms with van der Waals surface area (Å²) >= 11 is 0. The van der Waals surface area contributed by atoms with Gasteiger partial charge in [0.1, 0.15) is 5.75 Å². The van der Waals surface area contributed by atoms with E-state index >= 15 is 0 Å². The second-order valence-corrected chi connectivity index (χ2v) is 3.74. The molecule has 1 aromatic heterocycles. The third kappa shape index (κ3) is 3.45. The first-order chi connectivity index (χ1) is 9.72. The molecule has 1 heterocycles. The van der Waals surface area contributed by atoms with Crippen molar-refractivity contribution in [1.29, 1.82) is 0 Å². The third-order valence-electron chi connectivity index (χ3n) is 2.43. The van der Waals surface area contributed by atoms with Gasteiger partial charge in [0.2, 0.25) is 5.95 Å². The van der Waals surface area contributed by atoms with Gasteiger partial charge in [0, 0.05) is 12.1 Å². The normalized spacial score (nSPS) is 10.1. The Labute approximate surface area is 115 Å². The maximum Gasteiger partial charge on any atom is 0.324 e. The number of hydrogen-bond donors (Lipinski definition) is 3. The number of methoxy groups -OCH3 is 2. The molecule has 0 unspecified atom stereocenters. The summed E-state index contributed by atoms with van der Waals surface area (Å²) in [7, 11) is 2.90. The molecule has 0 radical (unpaired) electrons. The summed E-state index contributed by atoms with van der Waals surface area (Å²) in [4.78, 5) is 11.9. The Kier molecular flexibility index (Phi) is 4.51. The number of benzene rings is 1. The van der Waals surface area contributed by atoms with Crippen LogP contribution in [0.2, 0.25) is 0 Å². The van der Waals surface area contributed by atoms with Crippen LogP contribution in [-0.4, -0.2) is 34.3 Å². The van der Waals surface area contributed by atoms with Crippen molar-refractivity contribution in [2.24, 2.45) is 0 Å². The van der Waals surface area contributed by atoms with E-state index in [1.54, 1.807) is 18.2 Å². The molecule has 0 aliphatic heterocycles. The summed E-state index contributed by atoms with van der Waals surface area (Å²) in [5.74, 6) is 0.469. The van der Waals surface area contributed by atoms with Crippen LogP contribution in [0.3, 0.4) is 0 Å². The Morgan fingerprint density at radius 1 is 1.05 bits per heavy atom. The van der Waals surface area contributed by atoms with Crippen molar-refractivity contribution in [3.63, 3.8) is 0 Å². The highest BCUT2D eigenvalue weighted by atomic mass is 16.5. The molecule has 0 saturated heterocycles. The van der Waals surface area contributed by atoms with E-state index in [0.717, 1.165) is 5.56 Å². The highest BCUT2D eigenvalue weighted by molar-refractivity contribution is 5.32. The van der Waals surface area contributed by atoms with Gasteiger partial charge < -0.3 is 14.6 Å². The lowest BCUT2D eigenvalue weighted by Gasteiger charge is -2.09. The number of hydrazine groups is 1. The van der Waals surface area contributed by atoms with Gasteiger partial charge >= 0.3 is 12.0 Å². The van der Waals surface area contributed by atoms with Gasteiger partial charge in [0.05, 0.1) is 14.2 Å². The Bertz CT molecular complexity index is 557. The molecule has 2 aromatic rings. The molecule has 0 aliphatic rings. The van der Waals surface area contributed by atoms with Gasteiger partial charge in [-0.3, -0.25) is 5.43 Å². The lowest BCUT2D eigenvalue weighted by Crippen LogP contribution is -2.23. The Morgan fingerprint density at radius 2 is 1.70 bits per heavy atom. The van der Waals surface area contributed by atoms with Crippen LogP contribution in [0.4, 0.5) is 5.95 Å². The zero-order valence-corrected chi connectivity index (χ0v) is 11.1. The summed E-state index contributed by atoms with van der Waals surface area (Å²) in [6.45, 7) is 0.392. The third-order valence-corrected chi connectivity index (χ3v) is 2.43. The molecule has 1 aromatic carbocycles. The van der Waals surface area contributed by atoms with Crippen molar-refractivity contribution >= 4 is 5.95 Å². The molecule has 0 aliphatic carbocycles. The topological polar surface area (TPSA) is 101 Å². The van der Waals surface area contributed by atoms with Gasteiger partial charge in [-0.1, -0.05) is 18.2 Å². The minimum atomic E-state index is 0.142. The Hall–Kier alpha value is -2.61. The molecule has 0 atom stereocenters. The number of aromatic hydroxyl groups is 1. The molecule has 20 heavy (non-hydrogen) atoms. The number of nitrogens with one attached hydrogen (secondary N) is 2. The summed E-state index contributed by atoms with van der Waals surface area (Å²) in [5.41, 5.74) is 6.42. The molecule has 0 saturated carbocycles. The average molecular weight is 277 g/mol. The average Bonchev–Trinajstić information content (AvgIpc) is 2.48. The molecule has 0 fully saturated rings. The largest absolute Gasteiger partial charge is 0.508 e. The van der Waals surface area contributed by atoms with Crippen molar-refractivity contribution in [2.75, 3.05) is 19.6 Å². The molecule has 8 heteroatoms. The molecule has 0 bridgehead atoms. The van der Waals surface area contributed by atoms with Gasteiger partial charge in [-0.25, -0.2) is 5.43 Å². The summed E-state index contributed by atoms with van der Waals surface area (Å²) in [5, 5.41) is 9.62. The molecule has 3 N–H and O–H groups in total. The lowest BCUT2D eigenvalue weighted by molar-refractivity contribution is 0.340. The number of hydrogen-bond acceptors (Lipinski definition) is 8. The van der Waals surface area contributed by atoms with Crippen LogP contribution >= 0.6 is 0 Å². The molecule has 2 rings (SSSR count). The fourth-order valence-electron chi connectivity index (χ4n) is 1.46. The SMILES string of the molecule is COc1nc(NNCc2ccccc2O)nc(OC)n1. The summed E-state index contributed by atoms with van der Waals surface area (Å²) < 4.78 is 9.86. The highest BCUT2D eigenvalue weighted by Gasteiger charge is 2.06. The van der Waals surface area contributed by atoms with Crippen molar-refractivity contribution in [2.45, 2.75) is 6.54 Å². The second-order valence-electron chi connectivity index (χ2n) is 3.74. The van der Waals surface area contributed by atoms with Crippen LogP contribution in [0.1, 0.15) is 5.56 Å². The van der Waals surface area contributed by atoms with E-state index in [-0.39, 0.29) is 23.7 Å². The molecular formula is C12H15N5O3. The van der Waals surface area contributed by atoms with Crippen LogP contribution in [-0.2, 0) is 6.54 Å². The fourth-order valence-corrected chi connectivity index (χ4v) is 1.46. The lowest BCUT2D eigenvalue weighted by atomic mass is 10.2. The van der Waals surface area contributed by atoms with E-state index in [4.69, 9.17) is 9.47 Å². The van der Waals surface area contributed by atoms with Crippen molar-refractivity contribution in [3.8, 4) is 17.8 Å². The van der Waals surface area contributed by atoms with Gasteiger partial charge in [0.25, 0.3) is 0 Å². The van der Waals surface area contributed by atoms with Crippen LogP contribution < -0.4 is 20.3 Å².